The van der Waals surface area contributed by atoms with Gasteiger partial charge < -0.3 is 41.6 Å². The number of rotatable bonds is 19. The number of benzene rings is 1. The Kier molecular flexibility index (Phi) is 32.5. The van der Waals surface area contributed by atoms with E-state index >= 15 is 0 Å². The van der Waals surface area contributed by atoms with E-state index in [1.54, 1.807) is 70.7 Å². The molecule has 0 saturated heterocycles. The molecule has 0 amide bonds. The third kappa shape index (κ3) is 30.3. The van der Waals surface area contributed by atoms with Crippen molar-refractivity contribution >= 4 is 170 Å². The number of nitrogens with one attached hydrogen (secondary N) is 11. The van der Waals surface area contributed by atoms with Gasteiger partial charge in [0.15, 0.2) is 38.6 Å². The normalized spacial score (nSPS) is 13.6. The van der Waals surface area contributed by atoms with Gasteiger partial charge in [0.25, 0.3) is 25.6 Å². The lowest BCUT2D eigenvalue weighted by molar-refractivity contribution is 0.427. The summed E-state index contributed by atoms with van der Waals surface area (Å²) < 4.78 is 79.4. The van der Waals surface area contributed by atoms with Crippen molar-refractivity contribution in [3.05, 3.63) is 207 Å². The average Bonchev–Trinajstić information content (AvgIpc) is 1.42. The van der Waals surface area contributed by atoms with Crippen LogP contribution in [0.25, 0.3) is 21.4 Å². The van der Waals surface area contributed by atoms with E-state index in [2.05, 4.69) is 181 Å². The number of hydrogen-bond acceptors (Lipinski definition) is 30. The summed E-state index contributed by atoms with van der Waals surface area (Å²) in [6, 6.07) is 27.4. The van der Waals surface area contributed by atoms with E-state index in [1.165, 1.54) is 92.8 Å². The number of nitrogens with zero attached hydrogens (tertiary/aromatic N) is 13. The Balaban J connectivity index is 0.000000154. The predicted molar refractivity (Wildman–Crippen MR) is 492 cm³/mol. The Hall–Kier alpha value is -9.69. The Bertz CT molecular complexity index is 6210. The van der Waals surface area contributed by atoms with Gasteiger partial charge in [0.05, 0.1) is 9.75 Å². The van der Waals surface area contributed by atoms with E-state index in [-0.39, 0.29) is 23.0 Å². The van der Waals surface area contributed by atoms with Crippen molar-refractivity contribution in [1.29, 1.82) is 0 Å². The van der Waals surface area contributed by atoms with Crippen molar-refractivity contribution in [3.8, 4) is 21.4 Å². The Morgan fingerprint density at radius 2 is 0.886 bits per heavy atom. The van der Waals surface area contributed by atoms with Crippen LogP contribution in [0.2, 0.25) is 0 Å². The molecule has 0 unspecified atom stereocenters. The summed E-state index contributed by atoms with van der Waals surface area (Å²) in [4.78, 5) is 62.7. The number of anilines is 8. The van der Waals surface area contributed by atoms with Crippen LogP contribution in [0, 0.1) is 34.6 Å². The van der Waals surface area contributed by atoms with Gasteiger partial charge in [-0.25, -0.2) is 84.5 Å². The van der Waals surface area contributed by atoms with Gasteiger partial charge in [0.2, 0.25) is 10.0 Å². The summed E-state index contributed by atoms with van der Waals surface area (Å²) in [5.74, 6) is 8.38. The number of nitrogen functional groups attached to an aromatic ring is 1. The van der Waals surface area contributed by atoms with Gasteiger partial charge in [-0.15, -0.1) is 34.0 Å². The number of thiophene rings is 3. The van der Waals surface area contributed by atoms with E-state index in [0.717, 1.165) is 89.8 Å². The maximum Gasteiger partial charge on any atom is 0.499 e. The van der Waals surface area contributed by atoms with Crippen LogP contribution in [-0.4, -0.2) is 158 Å². The molecule has 0 radical (unpaired) electrons. The molecule has 4 aliphatic carbocycles. The Morgan fingerprint density at radius 1 is 0.496 bits per heavy atom. The van der Waals surface area contributed by atoms with Crippen molar-refractivity contribution < 1.29 is 35.3 Å². The first-order chi connectivity index (χ1) is 57.9. The minimum atomic E-state index is -3.72. The lowest BCUT2D eigenvalue weighted by Gasteiger charge is -2.19. The fourth-order valence-electron chi connectivity index (χ4n) is 10.6. The second-order valence-corrected chi connectivity index (χ2v) is 42.1. The quantitative estimate of drug-likeness (QED) is 0.0203. The second-order valence-electron chi connectivity index (χ2n) is 31.1. The van der Waals surface area contributed by atoms with Gasteiger partial charge in [-0.2, -0.15) is 20.4 Å². The minimum absolute atomic E-state index is 0.0746. The summed E-state index contributed by atoms with van der Waals surface area (Å²) in [6.45, 7) is 20.0. The lowest BCUT2D eigenvalue weighted by Crippen LogP contribution is -2.40. The molecular weight excluding hydrogens is 1890 g/mol. The second kappa shape index (κ2) is 41.9. The number of hydrogen-bond donors (Lipinski definition) is 15. The van der Waals surface area contributed by atoms with Crippen molar-refractivity contribution in [2.75, 3.05) is 40.7 Å². The topological polar surface area (TPSA) is 542 Å². The summed E-state index contributed by atoms with van der Waals surface area (Å²) in [5, 5.41) is 61.2. The molecule has 17 rings (SSSR count). The molecule has 0 spiro atoms. The smallest absolute Gasteiger partial charge is 0.423 e. The first-order valence-electron chi connectivity index (χ1n) is 38.3. The van der Waals surface area contributed by atoms with Gasteiger partial charge in [-0.3, -0.25) is 30.2 Å². The Labute approximate surface area is 749 Å². The number of sulfonamides is 3. The Morgan fingerprint density at radius 3 is 1.24 bits per heavy atom. The number of nitrogens with two attached hydrogens (primary N) is 2. The number of H-pyrrole nitrogens is 6. The van der Waals surface area contributed by atoms with Crippen LogP contribution in [0.3, 0.4) is 0 Å². The van der Waals surface area contributed by atoms with E-state index in [9.17, 15) is 34.8 Å². The largest absolute Gasteiger partial charge is 0.499 e. The van der Waals surface area contributed by atoms with Crippen molar-refractivity contribution in [3.63, 3.8) is 0 Å². The van der Waals surface area contributed by atoms with Gasteiger partial charge in [0, 0.05) is 165 Å². The molecule has 46 heteroatoms. The average molecular weight is 1990 g/mol. The summed E-state index contributed by atoms with van der Waals surface area (Å²) in [7, 11) is -8.46. The molecule has 4 fully saturated rings. The van der Waals surface area contributed by atoms with Gasteiger partial charge in [-0.1, -0.05) is 24.3 Å². The van der Waals surface area contributed by atoms with E-state index in [4.69, 9.17) is 20.9 Å². The van der Waals surface area contributed by atoms with Crippen molar-refractivity contribution in [2.24, 2.45) is 5.14 Å². The zero-order valence-electron chi connectivity index (χ0n) is 69.3. The van der Waals surface area contributed by atoms with Gasteiger partial charge >= 0.3 is 12.8 Å². The highest BCUT2D eigenvalue weighted by molar-refractivity contribution is 9.11. The number of aryl methyl sites for hydroxylation is 5. The standard InChI is InChI=1S/C19H24N6O2S2.C15H16N6O2S2.C11H12BrN5.C8H14BNO4S2.C8H11N.C6H9N3.C5H4Br2N2.C5H6N2O2/c1-11-10-20-18(14-7-8-16(28-14)29(26,27)25-19(2,3)4)22-17(11)21-15-9-13(23-24-15)12-5-6-12;1-8-7-17-15(11-4-5-13(24-11)25(16,22)23)19-14(8)18-12-6-10(20-21-12)9-2-3-9;1-6-5-13-11(12)15-10(6)14-9-4-8(16-17-9)7-2-3-7;1-8(2,3)10-16(13,14)7-5-4-6(15-7)9(11)12;1-9(2)8-6-4-3-5-7-8;7-6-3-5(8-9-6)4-1-2-4;1-3-2-8-5(7)9-4(3)6;1-3-2-6-5(9)7-4(3)8/h7-10,12,25H,5-6H2,1-4H3,(H2,20,21,22,23,24);4-7,9H,2-3H2,1H3,(H2,16,22,23)(H2,17,18,19,20,21);4-5,7H,2-3H2,1H3,(H2,13,14,15,16,17);4-5,10-12H,1-3H3;3-7H,1-2H3;3-4H,1-2H2,(H3,7,8,9);2H,1H3;2H,1H3,(H2,6,7,8,9). The molecule has 0 atom stereocenters. The molecule has 4 aliphatic rings. The predicted octanol–water partition coefficient (Wildman–Crippen LogP) is 13.1. The van der Waals surface area contributed by atoms with Crippen LogP contribution in [0.1, 0.15) is 167 Å². The summed E-state index contributed by atoms with van der Waals surface area (Å²) >= 11 is 12.7. The molecule has 12 heterocycles. The third-order valence-electron chi connectivity index (χ3n) is 17.4. The molecule has 123 heavy (non-hydrogen) atoms. The van der Waals surface area contributed by atoms with Crippen LogP contribution in [0.5, 0.6) is 0 Å². The molecule has 36 nitrogen and oxygen atoms in total. The van der Waals surface area contributed by atoms with Crippen LogP contribution >= 0.6 is 81.8 Å². The maximum absolute atomic E-state index is 12.6. The third-order valence-corrected chi connectivity index (χ3v) is 28.2. The van der Waals surface area contributed by atoms with Gasteiger partial charge in [-0.05, 0) is 218 Å². The summed E-state index contributed by atoms with van der Waals surface area (Å²) in [5.41, 5.74) is 13.7. The van der Waals surface area contributed by atoms with E-state index in [0.29, 0.717) is 83.3 Å². The maximum atomic E-state index is 12.6. The first kappa shape index (κ1) is 95.5. The number of halogens is 3. The fraction of sp³-hybridized carbons (Fsp3) is 0.351. The highest BCUT2D eigenvalue weighted by Crippen LogP contribution is 2.43. The number of aromatic amines is 6. The number of para-hydroxylation sites is 1. The minimum Gasteiger partial charge on any atom is -0.423 e. The molecule has 1 aromatic carbocycles. The van der Waals surface area contributed by atoms with E-state index in [1.807, 2.05) is 105 Å². The highest BCUT2D eigenvalue weighted by Gasteiger charge is 2.31. The van der Waals surface area contributed by atoms with Crippen LogP contribution in [0.4, 0.5) is 46.4 Å². The molecular formula is C77H96BBr3N26O10S6. The molecule has 654 valence electrons. The molecule has 0 aliphatic heterocycles. The monoisotopic (exact) mass is 1980 g/mol. The van der Waals surface area contributed by atoms with Crippen LogP contribution in [-0.2, 0) is 30.1 Å². The zero-order valence-corrected chi connectivity index (χ0v) is 79.0. The van der Waals surface area contributed by atoms with Gasteiger partial charge in [0.1, 0.15) is 40.5 Å². The fourth-order valence-corrected chi connectivity index (χ4v) is 18.6. The SMILES string of the molecule is CC(C)(C)NS(=O)(=O)c1ccc(B(O)O)s1.CN(C)c1ccccc1.Cc1c[nH]c(=O)[nH]c1=O.Cc1cnc(-c2ccc(S(=O)(=O)NC(C)(C)C)s2)nc1Nc1cc(C2CC2)[nH]n1.Cc1cnc(-c2ccc(S(N)(=O)=O)s2)nc1Nc1cc(C2CC2)[nH]n1.Cc1cnc(Br)nc1Br.Cc1cnc(Br)nc1Nc1cc(C2CC2)[nH]n1.Nc1cc(C2CC2)[nH]n1. The molecule has 17 N–H and O–H groups in total. The molecule has 4 saturated carbocycles. The van der Waals surface area contributed by atoms with Crippen molar-refractivity contribution in [1.82, 2.24) is 100 Å². The number of primary sulfonamides is 1. The van der Waals surface area contributed by atoms with Crippen LogP contribution in [0.15, 0.2) is 158 Å². The molecule has 0 bridgehead atoms. The van der Waals surface area contributed by atoms with Crippen molar-refractivity contribution in [2.45, 2.75) is 175 Å². The lowest BCUT2D eigenvalue weighted by atomic mass is 9.90. The highest BCUT2D eigenvalue weighted by atomic mass is 79.9. The van der Waals surface area contributed by atoms with E-state index < -0.39 is 54.0 Å². The summed E-state index contributed by atoms with van der Waals surface area (Å²) in [6.07, 6.45) is 18.2. The molecule has 13 aromatic rings. The molecule has 12 aromatic heterocycles. The zero-order chi connectivity index (χ0) is 89.5. The van der Waals surface area contributed by atoms with Crippen LogP contribution < -0.4 is 57.2 Å². The number of aromatic nitrogens is 18. The first-order valence-corrected chi connectivity index (χ1v) is 47.6.